The molecule has 0 amide bonds. The van der Waals surface area contributed by atoms with Gasteiger partial charge < -0.3 is 9.73 Å². The molecule has 2 N–H and O–H groups in total. The van der Waals surface area contributed by atoms with Gasteiger partial charge in [-0.1, -0.05) is 0 Å². The van der Waals surface area contributed by atoms with E-state index in [0.29, 0.717) is 5.58 Å². The van der Waals surface area contributed by atoms with E-state index >= 15 is 0 Å². The fraction of sp³-hybridized carbons (Fsp3) is 0. The minimum Gasteiger partial charge on any atom is -0.423 e. The number of allylic oxidation sites excluding steroid dienone is 1. The Balaban J connectivity index is 1.90. The Morgan fingerprint density at radius 2 is 2.29 bits per heavy atom. The summed E-state index contributed by atoms with van der Waals surface area (Å²) in [5.41, 5.74) is 1.07. The molecule has 8 heteroatoms. The summed E-state index contributed by atoms with van der Waals surface area (Å²) in [5.74, 6) is 0.205. The number of nitrogens with one attached hydrogen (secondary N) is 2. The lowest BCUT2D eigenvalue weighted by Gasteiger charge is -2.02. The highest BCUT2D eigenvalue weighted by atomic mass is 16.4. The van der Waals surface area contributed by atoms with Crippen LogP contribution < -0.4 is 10.9 Å². The lowest BCUT2D eigenvalue weighted by molar-refractivity contribution is 0.561. The summed E-state index contributed by atoms with van der Waals surface area (Å²) in [5, 5.41) is 25.9. The first-order valence-electron chi connectivity index (χ1n) is 5.91. The molecule has 0 aliphatic carbocycles. The molecule has 0 radical (unpaired) electrons. The van der Waals surface area contributed by atoms with E-state index in [2.05, 4.69) is 25.9 Å². The summed E-state index contributed by atoms with van der Waals surface area (Å²) < 4.78 is 5.04. The molecule has 3 aromatic rings. The number of hydrogen-bond acceptors (Lipinski definition) is 7. The van der Waals surface area contributed by atoms with Crippen molar-refractivity contribution in [1.82, 2.24) is 20.6 Å². The summed E-state index contributed by atoms with van der Waals surface area (Å²) in [6, 6.07) is 10.2. The van der Waals surface area contributed by atoms with Crippen LogP contribution in [0.3, 0.4) is 0 Å². The van der Waals surface area contributed by atoms with E-state index in [4.69, 9.17) is 9.68 Å². The molecule has 3 rings (SSSR count). The quantitative estimate of drug-likeness (QED) is 0.547. The Labute approximate surface area is 117 Å². The molecule has 0 unspecified atom stereocenters. The lowest BCUT2D eigenvalue weighted by atomic mass is 10.2. The van der Waals surface area contributed by atoms with Crippen LogP contribution in [0.25, 0.3) is 16.5 Å². The fourth-order valence-electron chi connectivity index (χ4n) is 1.74. The number of tetrazole rings is 1. The monoisotopic (exact) mass is 280 g/mol. The van der Waals surface area contributed by atoms with Gasteiger partial charge in [-0.25, -0.2) is 4.79 Å². The normalized spacial score (nSPS) is 11.3. The molecule has 0 fully saturated rings. The van der Waals surface area contributed by atoms with E-state index < -0.39 is 5.63 Å². The standard InChI is InChI=1S/C13H8N6O2/c14-6-9(13-16-18-19-17-13)7-15-10-2-3-11-8(5-10)1-4-12(20)21-11/h1-5,7,15H,(H,16,17,18,19). The molecule has 0 atom stereocenters. The molecule has 0 saturated carbocycles. The van der Waals surface area contributed by atoms with Crippen LogP contribution in [0.2, 0.25) is 0 Å². The third kappa shape index (κ3) is 2.62. The van der Waals surface area contributed by atoms with Crippen LogP contribution in [0, 0.1) is 11.3 Å². The van der Waals surface area contributed by atoms with Gasteiger partial charge in [0.05, 0.1) is 0 Å². The minimum atomic E-state index is -0.396. The second kappa shape index (κ2) is 5.26. The number of nitriles is 1. The molecule has 2 heterocycles. The highest BCUT2D eigenvalue weighted by Crippen LogP contribution is 2.18. The van der Waals surface area contributed by atoms with Crippen LogP contribution in [0.15, 0.2) is 45.7 Å². The molecule has 0 aliphatic heterocycles. The van der Waals surface area contributed by atoms with Gasteiger partial charge in [-0.2, -0.15) is 10.5 Å². The first kappa shape index (κ1) is 12.6. The number of benzene rings is 1. The number of nitrogens with zero attached hydrogens (tertiary/aromatic N) is 4. The zero-order valence-corrected chi connectivity index (χ0v) is 10.6. The van der Waals surface area contributed by atoms with Crippen molar-refractivity contribution in [3.63, 3.8) is 0 Å². The Bertz CT molecular complexity index is 904. The zero-order valence-electron chi connectivity index (χ0n) is 10.6. The van der Waals surface area contributed by atoms with E-state index in [1.807, 2.05) is 6.07 Å². The second-order valence-electron chi connectivity index (χ2n) is 4.06. The average Bonchev–Trinajstić information content (AvgIpc) is 3.02. The number of anilines is 1. The number of rotatable bonds is 3. The van der Waals surface area contributed by atoms with Gasteiger partial charge in [-0.3, -0.25) is 0 Å². The number of aromatic nitrogens is 4. The van der Waals surface area contributed by atoms with Crippen molar-refractivity contribution in [2.45, 2.75) is 0 Å². The maximum atomic E-state index is 11.1. The van der Waals surface area contributed by atoms with Crippen molar-refractivity contribution < 1.29 is 4.42 Å². The van der Waals surface area contributed by atoms with Crippen LogP contribution in [0.1, 0.15) is 5.82 Å². The van der Waals surface area contributed by atoms with Crippen LogP contribution in [0.4, 0.5) is 5.69 Å². The maximum absolute atomic E-state index is 11.1. The van der Waals surface area contributed by atoms with Crippen LogP contribution in [-0.4, -0.2) is 20.6 Å². The van der Waals surface area contributed by atoms with E-state index in [9.17, 15) is 4.79 Å². The van der Waals surface area contributed by atoms with Crippen molar-refractivity contribution in [3.05, 3.63) is 52.8 Å². The van der Waals surface area contributed by atoms with Crippen molar-refractivity contribution in [3.8, 4) is 6.07 Å². The van der Waals surface area contributed by atoms with Gasteiger partial charge in [-0.05, 0) is 29.5 Å². The average molecular weight is 280 g/mol. The molecule has 2 aromatic heterocycles. The maximum Gasteiger partial charge on any atom is 0.336 e. The molecule has 0 aliphatic rings. The van der Waals surface area contributed by atoms with Gasteiger partial charge in [0.1, 0.15) is 17.2 Å². The number of aromatic amines is 1. The SMILES string of the molecule is N#CC(=CNc1ccc2oc(=O)ccc2c1)c1nn[nH]n1. The van der Waals surface area contributed by atoms with Crippen molar-refractivity contribution in [2.24, 2.45) is 0 Å². The largest absolute Gasteiger partial charge is 0.423 e. The van der Waals surface area contributed by atoms with Gasteiger partial charge in [0.15, 0.2) is 0 Å². The van der Waals surface area contributed by atoms with Crippen molar-refractivity contribution >= 4 is 22.2 Å². The molecular formula is C13H8N6O2. The Morgan fingerprint density at radius 3 is 3.05 bits per heavy atom. The molecule has 8 nitrogen and oxygen atoms in total. The summed E-state index contributed by atoms with van der Waals surface area (Å²) in [6.07, 6.45) is 1.48. The predicted molar refractivity (Wildman–Crippen MR) is 73.9 cm³/mol. The Hall–Kier alpha value is -3.47. The number of hydrogen-bond donors (Lipinski definition) is 2. The van der Waals surface area contributed by atoms with Crippen LogP contribution >= 0.6 is 0 Å². The van der Waals surface area contributed by atoms with Gasteiger partial charge in [0, 0.05) is 23.3 Å². The fourth-order valence-corrected chi connectivity index (χ4v) is 1.74. The van der Waals surface area contributed by atoms with Gasteiger partial charge in [-0.15, -0.1) is 10.2 Å². The summed E-state index contributed by atoms with van der Waals surface area (Å²) in [6.45, 7) is 0. The lowest BCUT2D eigenvalue weighted by Crippen LogP contribution is -1.96. The third-order valence-corrected chi connectivity index (χ3v) is 2.71. The zero-order chi connectivity index (χ0) is 14.7. The molecule has 1 aromatic carbocycles. The van der Waals surface area contributed by atoms with E-state index in [-0.39, 0.29) is 11.4 Å². The van der Waals surface area contributed by atoms with E-state index in [1.54, 1.807) is 24.3 Å². The smallest absolute Gasteiger partial charge is 0.336 e. The summed E-state index contributed by atoms with van der Waals surface area (Å²) in [4.78, 5) is 11.1. The molecule has 102 valence electrons. The molecule has 0 bridgehead atoms. The van der Waals surface area contributed by atoms with E-state index in [1.165, 1.54) is 12.3 Å². The summed E-state index contributed by atoms with van der Waals surface area (Å²) >= 11 is 0. The number of fused-ring (bicyclic) bond motifs is 1. The second-order valence-corrected chi connectivity index (χ2v) is 4.06. The van der Waals surface area contributed by atoms with Gasteiger partial charge >= 0.3 is 5.63 Å². The Kier molecular flexibility index (Phi) is 3.15. The topological polar surface area (TPSA) is 120 Å². The summed E-state index contributed by atoms with van der Waals surface area (Å²) in [7, 11) is 0. The predicted octanol–water partition coefficient (Wildman–Crippen LogP) is 1.28. The van der Waals surface area contributed by atoms with Crippen molar-refractivity contribution in [2.75, 3.05) is 5.32 Å². The highest BCUT2D eigenvalue weighted by Gasteiger charge is 2.05. The van der Waals surface area contributed by atoms with E-state index in [0.717, 1.165) is 11.1 Å². The van der Waals surface area contributed by atoms with Crippen LogP contribution in [-0.2, 0) is 0 Å². The van der Waals surface area contributed by atoms with Gasteiger partial charge in [0.2, 0.25) is 5.82 Å². The van der Waals surface area contributed by atoms with Crippen LogP contribution in [0.5, 0.6) is 0 Å². The Morgan fingerprint density at radius 1 is 1.38 bits per heavy atom. The van der Waals surface area contributed by atoms with Gasteiger partial charge in [0.25, 0.3) is 0 Å². The third-order valence-electron chi connectivity index (χ3n) is 2.71. The molecule has 21 heavy (non-hydrogen) atoms. The number of H-pyrrole nitrogens is 1. The van der Waals surface area contributed by atoms with Crippen molar-refractivity contribution in [1.29, 1.82) is 5.26 Å². The molecule has 0 spiro atoms. The highest BCUT2D eigenvalue weighted by molar-refractivity contribution is 5.81. The first-order valence-corrected chi connectivity index (χ1v) is 5.91. The molecule has 0 saturated heterocycles. The molecular weight excluding hydrogens is 272 g/mol. The minimum absolute atomic E-state index is 0.205. The first-order chi connectivity index (χ1) is 10.3.